The summed E-state index contributed by atoms with van der Waals surface area (Å²) in [4.78, 5) is 22.2. The van der Waals surface area contributed by atoms with Crippen LogP contribution >= 0.6 is 0 Å². The summed E-state index contributed by atoms with van der Waals surface area (Å²) in [6.07, 6.45) is 3.68. The number of carboxylic acids is 1. The molecule has 0 aromatic carbocycles. The lowest BCUT2D eigenvalue weighted by Gasteiger charge is -2.30. The topological polar surface area (TPSA) is 86.6 Å². The molecule has 5 heteroatoms. The second kappa shape index (κ2) is 5.30. The van der Waals surface area contributed by atoms with Crippen molar-refractivity contribution < 1.29 is 19.8 Å². The zero-order chi connectivity index (χ0) is 12.2. The molecule has 1 fully saturated rings. The van der Waals surface area contributed by atoms with Crippen LogP contribution in [0.2, 0.25) is 0 Å². The smallest absolute Gasteiger partial charge is 0.308 e. The summed E-state index contributed by atoms with van der Waals surface area (Å²) in [7, 11) is 0. The van der Waals surface area contributed by atoms with Crippen molar-refractivity contribution in [1.82, 2.24) is 5.32 Å². The maximum Gasteiger partial charge on any atom is 0.308 e. The van der Waals surface area contributed by atoms with Crippen LogP contribution in [0.1, 0.15) is 39.0 Å². The van der Waals surface area contributed by atoms with Gasteiger partial charge in [-0.3, -0.25) is 9.59 Å². The Bertz CT molecular complexity index is 271. The number of carbonyl (C=O) groups excluding carboxylic acids is 1. The first-order valence-electron chi connectivity index (χ1n) is 5.69. The minimum atomic E-state index is -1.28. The zero-order valence-electron chi connectivity index (χ0n) is 9.53. The molecule has 0 aromatic heterocycles. The third-order valence-electron chi connectivity index (χ3n) is 3.09. The number of carboxylic acid groups (broad SMARTS) is 1. The van der Waals surface area contributed by atoms with Crippen molar-refractivity contribution in [2.24, 2.45) is 5.92 Å². The molecule has 5 nitrogen and oxygen atoms in total. The van der Waals surface area contributed by atoms with Gasteiger partial charge in [0.15, 0.2) is 0 Å². The molecule has 1 rings (SSSR count). The fourth-order valence-electron chi connectivity index (χ4n) is 1.86. The highest BCUT2D eigenvalue weighted by Crippen LogP contribution is 2.28. The Morgan fingerprint density at radius 2 is 1.88 bits per heavy atom. The van der Waals surface area contributed by atoms with Crippen LogP contribution in [0.4, 0.5) is 0 Å². The van der Waals surface area contributed by atoms with E-state index in [1.165, 1.54) is 6.92 Å². The van der Waals surface area contributed by atoms with E-state index in [1.807, 2.05) is 0 Å². The van der Waals surface area contributed by atoms with Gasteiger partial charge in [0.2, 0.25) is 0 Å². The quantitative estimate of drug-likeness (QED) is 0.656. The molecular formula is C11H19NO4. The van der Waals surface area contributed by atoms with Crippen LogP contribution in [0.15, 0.2) is 0 Å². The lowest BCUT2D eigenvalue weighted by molar-refractivity contribution is -0.144. The van der Waals surface area contributed by atoms with Gasteiger partial charge < -0.3 is 15.5 Å². The van der Waals surface area contributed by atoms with E-state index >= 15 is 0 Å². The highest BCUT2D eigenvalue weighted by Gasteiger charge is 2.37. The van der Waals surface area contributed by atoms with E-state index in [1.54, 1.807) is 0 Å². The molecule has 1 aliphatic rings. The molecule has 1 aliphatic carbocycles. The van der Waals surface area contributed by atoms with Crippen molar-refractivity contribution in [2.45, 2.75) is 44.6 Å². The summed E-state index contributed by atoms with van der Waals surface area (Å²) in [6, 6.07) is 0. The molecule has 0 bridgehead atoms. The first-order chi connectivity index (χ1) is 7.46. The predicted octanol–water partition coefficient (Wildman–Crippen LogP) is 0.518. The standard InChI is InChI=1S/C11H19NO4/c1-8(9(13)14)7-12-10(15)11(16)5-3-2-4-6-11/h8,16H,2-7H2,1H3,(H,12,15)(H,13,14). The van der Waals surface area contributed by atoms with Crippen LogP contribution in [0.25, 0.3) is 0 Å². The van der Waals surface area contributed by atoms with Gasteiger partial charge in [-0.05, 0) is 12.8 Å². The second-order valence-corrected chi connectivity index (χ2v) is 4.54. The van der Waals surface area contributed by atoms with Crippen molar-refractivity contribution in [3.05, 3.63) is 0 Å². The van der Waals surface area contributed by atoms with Crippen molar-refractivity contribution in [2.75, 3.05) is 6.54 Å². The van der Waals surface area contributed by atoms with Gasteiger partial charge in [0.05, 0.1) is 5.92 Å². The van der Waals surface area contributed by atoms with Crippen LogP contribution in [-0.2, 0) is 9.59 Å². The maximum atomic E-state index is 11.7. The van der Waals surface area contributed by atoms with E-state index in [-0.39, 0.29) is 6.54 Å². The van der Waals surface area contributed by atoms with E-state index in [0.717, 1.165) is 19.3 Å². The highest BCUT2D eigenvalue weighted by molar-refractivity contribution is 5.85. The summed E-state index contributed by atoms with van der Waals surface area (Å²) in [5, 5.41) is 21.2. The van der Waals surface area contributed by atoms with Crippen LogP contribution in [0.3, 0.4) is 0 Å². The Labute approximate surface area is 94.8 Å². The van der Waals surface area contributed by atoms with Gasteiger partial charge in [0, 0.05) is 6.54 Å². The van der Waals surface area contributed by atoms with Crippen molar-refractivity contribution in [3.8, 4) is 0 Å². The lowest BCUT2D eigenvalue weighted by Crippen LogP contribution is -2.49. The van der Waals surface area contributed by atoms with Crippen LogP contribution in [0.5, 0.6) is 0 Å². The normalized spacial score (nSPS) is 21.1. The first kappa shape index (κ1) is 13.0. The molecular weight excluding hydrogens is 210 g/mol. The predicted molar refractivity (Wildman–Crippen MR) is 57.8 cm³/mol. The van der Waals surface area contributed by atoms with Crippen LogP contribution in [-0.4, -0.2) is 34.2 Å². The van der Waals surface area contributed by atoms with Crippen LogP contribution < -0.4 is 5.32 Å². The van der Waals surface area contributed by atoms with E-state index in [9.17, 15) is 14.7 Å². The highest BCUT2D eigenvalue weighted by atomic mass is 16.4. The third-order valence-corrected chi connectivity index (χ3v) is 3.09. The number of hydrogen-bond acceptors (Lipinski definition) is 3. The molecule has 0 aromatic rings. The molecule has 0 aliphatic heterocycles. The molecule has 0 saturated heterocycles. The SMILES string of the molecule is CC(CNC(=O)C1(O)CCCCC1)C(=O)O. The molecule has 1 unspecified atom stereocenters. The van der Waals surface area contributed by atoms with E-state index in [4.69, 9.17) is 5.11 Å². The molecule has 1 amide bonds. The molecule has 0 spiro atoms. The summed E-state index contributed by atoms with van der Waals surface area (Å²) in [6.45, 7) is 1.59. The summed E-state index contributed by atoms with van der Waals surface area (Å²) in [5.74, 6) is -2.01. The Hall–Kier alpha value is -1.10. The largest absolute Gasteiger partial charge is 0.481 e. The monoisotopic (exact) mass is 229 g/mol. The third kappa shape index (κ3) is 3.20. The van der Waals surface area contributed by atoms with Crippen LogP contribution in [0, 0.1) is 5.92 Å². The maximum absolute atomic E-state index is 11.7. The van der Waals surface area contributed by atoms with Gasteiger partial charge in [-0.25, -0.2) is 0 Å². The Morgan fingerprint density at radius 3 is 2.38 bits per heavy atom. The minimum Gasteiger partial charge on any atom is -0.481 e. The fourth-order valence-corrected chi connectivity index (χ4v) is 1.86. The number of hydrogen-bond donors (Lipinski definition) is 3. The number of aliphatic hydroxyl groups is 1. The number of carbonyl (C=O) groups is 2. The van der Waals surface area contributed by atoms with Gasteiger partial charge in [-0.2, -0.15) is 0 Å². The molecule has 3 N–H and O–H groups in total. The molecule has 92 valence electrons. The zero-order valence-corrected chi connectivity index (χ0v) is 9.53. The van der Waals surface area contributed by atoms with Gasteiger partial charge in [-0.15, -0.1) is 0 Å². The molecule has 1 atom stereocenters. The molecule has 16 heavy (non-hydrogen) atoms. The van der Waals surface area contributed by atoms with E-state index < -0.39 is 23.4 Å². The Kier molecular flexibility index (Phi) is 4.29. The molecule has 0 heterocycles. The fraction of sp³-hybridized carbons (Fsp3) is 0.818. The summed E-state index contributed by atoms with van der Waals surface area (Å²) < 4.78 is 0. The van der Waals surface area contributed by atoms with Crippen molar-refractivity contribution >= 4 is 11.9 Å². The van der Waals surface area contributed by atoms with Gasteiger partial charge in [0.25, 0.3) is 5.91 Å². The minimum absolute atomic E-state index is 0.0659. The molecule has 0 radical (unpaired) electrons. The summed E-state index contributed by atoms with van der Waals surface area (Å²) >= 11 is 0. The number of rotatable bonds is 4. The Morgan fingerprint density at radius 1 is 1.31 bits per heavy atom. The van der Waals surface area contributed by atoms with Gasteiger partial charge >= 0.3 is 5.97 Å². The average Bonchev–Trinajstić information content (AvgIpc) is 2.26. The lowest BCUT2D eigenvalue weighted by atomic mass is 9.84. The van der Waals surface area contributed by atoms with Gasteiger partial charge in [-0.1, -0.05) is 26.2 Å². The van der Waals surface area contributed by atoms with Crippen molar-refractivity contribution in [3.63, 3.8) is 0 Å². The van der Waals surface area contributed by atoms with E-state index in [2.05, 4.69) is 5.32 Å². The number of aliphatic carboxylic acids is 1. The Balaban J connectivity index is 2.42. The van der Waals surface area contributed by atoms with Crippen molar-refractivity contribution in [1.29, 1.82) is 0 Å². The summed E-state index contributed by atoms with van der Waals surface area (Å²) in [5.41, 5.74) is -1.28. The number of nitrogens with one attached hydrogen (secondary N) is 1. The van der Waals surface area contributed by atoms with Gasteiger partial charge in [0.1, 0.15) is 5.60 Å². The second-order valence-electron chi connectivity index (χ2n) is 4.54. The average molecular weight is 229 g/mol. The van der Waals surface area contributed by atoms with E-state index in [0.29, 0.717) is 12.8 Å². The number of amides is 1. The first-order valence-corrected chi connectivity index (χ1v) is 5.69. The molecule has 1 saturated carbocycles.